The van der Waals surface area contributed by atoms with Crippen LogP contribution in [0.15, 0.2) is 0 Å². The van der Waals surface area contributed by atoms with Crippen molar-refractivity contribution < 1.29 is 19.4 Å². The number of nitrogens with zero attached hydrogens (tertiary/aromatic N) is 2. The lowest BCUT2D eigenvalue weighted by atomic mass is 10.0. The van der Waals surface area contributed by atoms with Crippen LogP contribution in [0, 0.1) is 0 Å². The molecule has 2 fully saturated rings. The van der Waals surface area contributed by atoms with Crippen molar-refractivity contribution in [3.63, 3.8) is 0 Å². The van der Waals surface area contributed by atoms with Crippen LogP contribution in [-0.4, -0.2) is 69.4 Å². The summed E-state index contributed by atoms with van der Waals surface area (Å²) in [4.78, 5) is 27.1. The molecule has 2 rings (SSSR count). The molecule has 2 aliphatic rings. The molecular formula is C12H20N2O4S. The molecule has 0 aromatic heterocycles. The zero-order valence-corrected chi connectivity index (χ0v) is 12.3. The van der Waals surface area contributed by atoms with Gasteiger partial charge in [0.2, 0.25) is 0 Å². The fourth-order valence-electron chi connectivity index (χ4n) is 2.48. The fourth-order valence-corrected chi connectivity index (χ4v) is 3.64. The van der Waals surface area contributed by atoms with Crippen LogP contribution < -0.4 is 0 Å². The molecule has 2 unspecified atom stereocenters. The quantitative estimate of drug-likeness (QED) is 0.781. The van der Waals surface area contributed by atoms with Gasteiger partial charge in [-0.3, -0.25) is 4.90 Å². The van der Waals surface area contributed by atoms with Gasteiger partial charge in [-0.15, -0.1) is 11.8 Å². The number of aliphatic carboxylic acids is 1. The Labute approximate surface area is 117 Å². The van der Waals surface area contributed by atoms with E-state index in [1.807, 2.05) is 20.8 Å². The molecule has 0 aromatic rings. The maximum absolute atomic E-state index is 12.7. The number of morpholine rings is 1. The molecule has 0 aromatic carbocycles. The first-order chi connectivity index (χ1) is 8.84. The SMILES string of the molecule is CC1SCC(C(=O)O)N1C(=O)N1CCOCC1(C)C. The number of carboxylic acids is 1. The van der Waals surface area contributed by atoms with E-state index in [0.29, 0.717) is 25.5 Å². The van der Waals surface area contributed by atoms with Crippen LogP contribution in [0.2, 0.25) is 0 Å². The molecule has 108 valence electrons. The zero-order valence-electron chi connectivity index (χ0n) is 11.5. The van der Waals surface area contributed by atoms with Crippen molar-refractivity contribution >= 4 is 23.8 Å². The van der Waals surface area contributed by atoms with Gasteiger partial charge >= 0.3 is 12.0 Å². The van der Waals surface area contributed by atoms with Crippen LogP contribution in [0.3, 0.4) is 0 Å². The maximum atomic E-state index is 12.7. The van der Waals surface area contributed by atoms with Crippen molar-refractivity contribution in [3.8, 4) is 0 Å². The molecule has 19 heavy (non-hydrogen) atoms. The minimum atomic E-state index is -0.934. The van der Waals surface area contributed by atoms with E-state index in [4.69, 9.17) is 4.74 Å². The molecule has 0 aliphatic carbocycles. The second-order valence-corrected chi connectivity index (χ2v) is 6.84. The largest absolute Gasteiger partial charge is 0.480 e. The smallest absolute Gasteiger partial charge is 0.327 e. The Bertz CT molecular complexity index is 388. The number of amides is 2. The lowest BCUT2D eigenvalue weighted by Crippen LogP contribution is -2.61. The summed E-state index contributed by atoms with van der Waals surface area (Å²) in [5.41, 5.74) is -0.397. The summed E-state index contributed by atoms with van der Waals surface area (Å²) >= 11 is 1.50. The Morgan fingerprint density at radius 1 is 1.42 bits per heavy atom. The van der Waals surface area contributed by atoms with Gasteiger partial charge in [-0.25, -0.2) is 9.59 Å². The second-order valence-electron chi connectivity index (χ2n) is 5.49. The highest BCUT2D eigenvalue weighted by Crippen LogP contribution is 2.32. The van der Waals surface area contributed by atoms with E-state index in [0.717, 1.165) is 0 Å². The minimum Gasteiger partial charge on any atom is -0.480 e. The highest BCUT2D eigenvalue weighted by molar-refractivity contribution is 8.00. The highest BCUT2D eigenvalue weighted by Gasteiger charge is 2.45. The van der Waals surface area contributed by atoms with Gasteiger partial charge in [0, 0.05) is 12.3 Å². The average Bonchev–Trinajstić information content (AvgIpc) is 2.70. The number of carbonyl (C=O) groups is 2. The number of urea groups is 1. The third-order valence-corrected chi connectivity index (χ3v) is 4.82. The van der Waals surface area contributed by atoms with Crippen LogP contribution in [0.25, 0.3) is 0 Å². The molecule has 2 atom stereocenters. The standard InChI is InChI=1S/C12H20N2O4S/c1-8-14(9(6-19-8)10(15)16)11(17)13-4-5-18-7-12(13,2)3/h8-9H,4-7H2,1-3H3,(H,15,16). The number of hydrogen-bond donors (Lipinski definition) is 1. The van der Waals surface area contributed by atoms with Crippen molar-refractivity contribution in [2.24, 2.45) is 0 Å². The van der Waals surface area contributed by atoms with Crippen LogP contribution >= 0.6 is 11.8 Å². The average molecular weight is 288 g/mol. The number of carbonyl (C=O) groups excluding carboxylic acids is 1. The summed E-state index contributed by atoms with van der Waals surface area (Å²) in [6.45, 7) is 7.24. The number of hydrogen-bond acceptors (Lipinski definition) is 4. The van der Waals surface area contributed by atoms with Gasteiger partial charge in [0.25, 0.3) is 0 Å². The predicted molar refractivity (Wildman–Crippen MR) is 72.2 cm³/mol. The van der Waals surface area contributed by atoms with E-state index >= 15 is 0 Å². The summed E-state index contributed by atoms with van der Waals surface area (Å²) in [5, 5.41) is 9.12. The molecule has 0 bridgehead atoms. The molecule has 1 N–H and O–H groups in total. The molecule has 0 radical (unpaired) electrons. The van der Waals surface area contributed by atoms with Gasteiger partial charge in [-0.1, -0.05) is 0 Å². The van der Waals surface area contributed by atoms with Gasteiger partial charge in [0.05, 0.1) is 24.1 Å². The summed E-state index contributed by atoms with van der Waals surface area (Å²) in [7, 11) is 0. The molecule has 2 aliphatic heterocycles. The van der Waals surface area contributed by atoms with Crippen molar-refractivity contribution in [3.05, 3.63) is 0 Å². The van der Waals surface area contributed by atoms with E-state index in [2.05, 4.69) is 0 Å². The molecule has 0 spiro atoms. The van der Waals surface area contributed by atoms with E-state index in [9.17, 15) is 14.7 Å². The first-order valence-corrected chi connectivity index (χ1v) is 7.41. The van der Waals surface area contributed by atoms with Gasteiger partial charge in [-0.2, -0.15) is 0 Å². The second kappa shape index (κ2) is 5.20. The van der Waals surface area contributed by atoms with Crippen LogP contribution in [0.5, 0.6) is 0 Å². The third-order valence-electron chi connectivity index (χ3n) is 3.60. The Kier molecular flexibility index (Phi) is 3.96. The van der Waals surface area contributed by atoms with Gasteiger partial charge in [0.1, 0.15) is 6.04 Å². The Morgan fingerprint density at radius 2 is 2.11 bits per heavy atom. The molecule has 2 heterocycles. The number of rotatable bonds is 1. The minimum absolute atomic E-state index is 0.104. The molecule has 0 saturated carbocycles. The Balaban J connectivity index is 2.19. The zero-order chi connectivity index (χ0) is 14.2. The number of thioether (sulfide) groups is 1. The van der Waals surface area contributed by atoms with E-state index in [-0.39, 0.29) is 11.4 Å². The monoisotopic (exact) mass is 288 g/mol. The third kappa shape index (κ3) is 2.67. The van der Waals surface area contributed by atoms with Crippen molar-refractivity contribution in [2.75, 3.05) is 25.5 Å². The number of ether oxygens (including phenoxy) is 1. The van der Waals surface area contributed by atoms with Crippen LogP contribution in [-0.2, 0) is 9.53 Å². The van der Waals surface area contributed by atoms with Gasteiger partial charge in [0.15, 0.2) is 0 Å². The van der Waals surface area contributed by atoms with Crippen molar-refractivity contribution in [1.82, 2.24) is 9.80 Å². The van der Waals surface area contributed by atoms with E-state index in [1.165, 1.54) is 16.7 Å². The predicted octanol–water partition coefficient (Wildman–Crippen LogP) is 1.07. The molecule has 2 saturated heterocycles. The van der Waals surface area contributed by atoms with Crippen LogP contribution in [0.4, 0.5) is 4.79 Å². The first kappa shape index (κ1) is 14.5. The normalized spacial score (nSPS) is 30.5. The van der Waals surface area contributed by atoms with Crippen molar-refractivity contribution in [2.45, 2.75) is 37.7 Å². The lowest BCUT2D eigenvalue weighted by molar-refractivity contribution is -0.141. The summed E-state index contributed by atoms with van der Waals surface area (Å²) < 4.78 is 5.39. The molecule has 6 nitrogen and oxygen atoms in total. The molecular weight excluding hydrogens is 268 g/mol. The number of carboxylic acid groups (broad SMARTS) is 1. The summed E-state index contributed by atoms with van der Waals surface area (Å²) in [5.74, 6) is -0.483. The first-order valence-electron chi connectivity index (χ1n) is 6.36. The van der Waals surface area contributed by atoms with Crippen LogP contribution in [0.1, 0.15) is 20.8 Å². The van der Waals surface area contributed by atoms with Crippen molar-refractivity contribution in [1.29, 1.82) is 0 Å². The Hall–Kier alpha value is -0.950. The lowest BCUT2D eigenvalue weighted by Gasteiger charge is -2.44. The van der Waals surface area contributed by atoms with Gasteiger partial charge in [-0.05, 0) is 20.8 Å². The maximum Gasteiger partial charge on any atom is 0.327 e. The fraction of sp³-hybridized carbons (Fsp3) is 0.833. The highest BCUT2D eigenvalue weighted by atomic mass is 32.2. The van der Waals surface area contributed by atoms with E-state index in [1.54, 1.807) is 4.90 Å². The summed E-state index contributed by atoms with van der Waals surface area (Å²) in [6, 6.07) is -0.927. The molecule has 7 heteroatoms. The Morgan fingerprint density at radius 3 is 2.68 bits per heavy atom. The summed E-state index contributed by atoms with van der Waals surface area (Å²) in [6.07, 6.45) is 0. The van der Waals surface area contributed by atoms with E-state index < -0.39 is 17.6 Å². The van der Waals surface area contributed by atoms with Gasteiger partial charge < -0.3 is 14.7 Å². The molecule has 2 amide bonds. The topological polar surface area (TPSA) is 70.1 Å².